The number of aryl methyl sites for hydroxylation is 2. The Morgan fingerprint density at radius 2 is 2.04 bits per heavy atom. The normalized spacial score (nSPS) is 14.3. The number of nitro groups is 1. The van der Waals surface area contributed by atoms with E-state index >= 15 is 0 Å². The van der Waals surface area contributed by atoms with E-state index in [2.05, 4.69) is 15.5 Å². The maximum absolute atomic E-state index is 12.9. The molecule has 1 saturated carbocycles. The number of nitrogens with zero attached hydrogens (tertiary/aromatic N) is 5. The zero-order chi connectivity index (χ0) is 20.5. The van der Waals surface area contributed by atoms with Gasteiger partial charge in [-0.3, -0.25) is 9.48 Å². The Balaban J connectivity index is 1.52. The minimum Gasteiger partial charge on any atom is -0.358 e. The number of halogens is 3. The highest BCUT2D eigenvalue weighted by molar-refractivity contribution is 5.75. The van der Waals surface area contributed by atoms with E-state index in [0.717, 1.165) is 23.6 Å². The first-order valence-electron chi connectivity index (χ1n) is 8.75. The molecule has 0 spiro atoms. The van der Waals surface area contributed by atoms with Crippen molar-refractivity contribution in [3.8, 4) is 0 Å². The molecule has 28 heavy (non-hydrogen) atoms. The van der Waals surface area contributed by atoms with Crippen LogP contribution >= 0.6 is 0 Å². The first-order chi connectivity index (χ1) is 13.1. The van der Waals surface area contributed by atoms with Crippen molar-refractivity contribution >= 4 is 11.7 Å². The number of nitrogens with one attached hydrogen (secondary N) is 1. The average molecular weight is 400 g/mol. The lowest BCUT2D eigenvalue weighted by atomic mass is 10.2. The van der Waals surface area contributed by atoms with Crippen LogP contribution in [0.2, 0.25) is 0 Å². The van der Waals surface area contributed by atoms with Crippen LogP contribution in [-0.2, 0) is 24.1 Å². The van der Waals surface area contributed by atoms with Gasteiger partial charge >= 0.3 is 12.0 Å². The van der Waals surface area contributed by atoms with Gasteiger partial charge in [0, 0.05) is 24.7 Å². The summed E-state index contributed by atoms with van der Waals surface area (Å²) in [4.78, 5) is 22.3. The summed E-state index contributed by atoms with van der Waals surface area (Å²) in [6.07, 6.45) is -2.41. The van der Waals surface area contributed by atoms with Gasteiger partial charge < -0.3 is 15.4 Å². The lowest BCUT2D eigenvalue weighted by molar-refractivity contribution is -0.392. The van der Waals surface area contributed by atoms with Gasteiger partial charge in [-0.05, 0) is 37.2 Å². The number of hydrogen-bond donors (Lipinski definition) is 1. The Morgan fingerprint density at radius 3 is 2.64 bits per heavy atom. The zero-order valence-electron chi connectivity index (χ0n) is 15.1. The van der Waals surface area contributed by atoms with E-state index in [0.29, 0.717) is 17.8 Å². The maximum atomic E-state index is 12.9. The van der Waals surface area contributed by atoms with Crippen LogP contribution in [0.3, 0.4) is 0 Å². The quantitative estimate of drug-likeness (QED) is 0.416. The minimum absolute atomic E-state index is 0.113. The molecule has 2 aromatic rings. The third-order valence-corrected chi connectivity index (χ3v) is 4.33. The smallest absolute Gasteiger partial charge is 0.358 e. The number of hydrogen-bond acceptors (Lipinski definition) is 5. The second-order valence-corrected chi connectivity index (χ2v) is 6.71. The van der Waals surface area contributed by atoms with Crippen LogP contribution in [0, 0.1) is 17.0 Å². The standard InChI is InChI=1S/C16H19F3N6O3/c1-10-7-15(25(27)28)24(21-10)9-14(26)20-5-2-6-23-12(11-3-4-11)8-13(22-23)16(17,18)19/h7-8,11H,2-6,9H2,1H3,(H,20,26). The topological polar surface area (TPSA) is 108 Å². The number of carbonyl (C=O) groups excluding carboxylic acids is 1. The van der Waals surface area contributed by atoms with Crippen LogP contribution in [0.1, 0.15) is 42.3 Å². The fourth-order valence-electron chi connectivity index (χ4n) is 2.90. The van der Waals surface area contributed by atoms with Crippen LogP contribution in [-0.4, -0.2) is 36.9 Å². The molecule has 0 radical (unpaired) electrons. The van der Waals surface area contributed by atoms with Crippen LogP contribution < -0.4 is 5.32 Å². The predicted octanol–water partition coefficient (Wildman–Crippen LogP) is 2.40. The highest BCUT2D eigenvalue weighted by Crippen LogP contribution is 2.42. The number of alkyl halides is 3. The van der Waals surface area contributed by atoms with Crippen molar-refractivity contribution in [2.75, 3.05) is 6.54 Å². The number of rotatable bonds is 8. The fourth-order valence-corrected chi connectivity index (χ4v) is 2.90. The van der Waals surface area contributed by atoms with E-state index in [9.17, 15) is 28.1 Å². The summed E-state index contributed by atoms with van der Waals surface area (Å²) < 4.78 is 41.0. The number of carbonyl (C=O) groups is 1. The monoisotopic (exact) mass is 400 g/mol. The van der Waals surface area contributed by atoms with Gasteiger partial charge in [0.1, 0.15) is 0 Å². The Hall–Kier alpha value is -2.92. The highest BCUT2D eigenvalue weighted by atomic mass is 19.4. The number of aromatic nitrogens is 4. The Kier molecular flexibility index (Phi) is 5.38. The molecule has 152 valence electrons. The molecule has 2 heterocycles. The summed E-state index contributed by atoms with van der Waals surface area (Å²) in [5, 5.41) is 21.1. The molecule has 2 aromatic heterocycles. The predicted molar refractivity (Wildman–Crippen MR) is 90.4 cm³/mol. The Bertz CT molecular complexity index is 885. The second kappa shape index (κ2) is 7.60. The minimum atomic E-state index is -4.49. The molecule has 1 fully saturated rings. The van der Waals surface area contributed by atoms with E-state index in [4.69, 9.17) is 0 Å². The molecular formula is C16H19F3N6O3. The Labute approximate surface area is 157 Å². The molecule has 0 saturated heterocycles. The van der Waals surface area contributed by atoms with Gasteiger partial charge in [0.25, 0.3) is 5.91 Å². The van der Waals surface area contributed by atoms with Crippen molar-refractivity contribution in [1.82, 2.24) is 24.9 Å². The van der Waals surface area contributed by atoms with Gasteiger partial charge in [-0.2, -0.15) is 18.3 Å². The van der Waals surface area contributed by atoms with E-state index < -0.39 is 22.7 Å². The molecule has 0 aliphatic heterocycles. The lowest BCUT2D eigenvalue weighted by Crippen LogP contribution is -2.29. The molecule has 3 rings (SSSR count). The molecule has 9 nitrogen and oxygen atoms in total. The molecule has 0 aromatic carbocycles. The molecular weight excluding hydrogens is 381 g/mol. The van der Waals surface area contributed by atoms with Crippen molar-refractivity contribution in [3.05, 3.63) is 39.3 Å². The van der Waals surface area contributed by atoms with Gasteiger partial charge in [-0.1, -0.05) is 5.10 Å². The molecule has 1 aliphatic rings. The summed E-state index contributed by atoms with van der Waals surface area (Å²) in [6.45, 7) is 1.72. The summed E-state index contributed by atoms with van der Waals surface area (Å²) in [7, 11) is 0. The van der Waals surface area contributed by atoms with Crippen LogP contribution in [0.5, 0.6) is 0 Å². The van der Waals surface area contributed by atoms with Gasteiger partial charge in [-0.15, -0.1) is 4.68 Å². The highest BCUT2D eigenvalue weighted by Gasteiger charge is 2.37. The van der Waals surface area contributed by atoms with E-state index in [1.165, 1.54) is 10.7 Å². The van der Waals surface area contributed by atoms with Gasteiger partial charge in [0.05, 0.1) is 11.8 Å². The largest absolute Gasteiger partial charge is 0.435 e. The Morgan fingerprint density at radius 1 is 1.32 bits per heavy atom. The van der Waals surface area contributed by atoms with Crippen LogP contribution in [0.4, 0.5) is 19.0 Å². The molecule has 0 atom stereocenters. The molecule has 0 unspecified atom stereocenters. The van der Waals surface area contributed by atoms with E-state index in [1.807, 2.05) is 0 Å². The number of amides is 1. The lowest BCUT2D eigenvalue weighted by Gasteiger charge is -2.08. The second-order valence-electron chi connectivity index (χ2n) is 6.71. The third kappa shape index (κ3) is 4.67. The van der Waals surface area contributed by atoms with Crippen LogP contribution in [0.15, 0.2) is 12.1 Å². The zero-order valence-corrected chi connectivity index (χ0v) is 15.1. The van der Waals surface area contributed by atoms with Gasteiger partial charge in [-0.25, -0.2) is 0 Å². The fraction of sp³-hybridized carbons (Fsp3) is 0.562. The summed E-state index contributed by atoms with van der Waals surface area (Å²) >= 11 is 0. The molecule has 0 bridgehead atoms. The van der Waals surface area contributed by atoms with Gasteiger partial charge in [0.15, 0.2) is 12.2 Å². The van der Waals surface area contributed by atoms with Gasteiger partial charge in [0.2, 0.25) is 0 Å². The summed E-state index contributed by atoms with van der Waals surface area (Å²) in [6, 6.07) is 2.36. The average Bonchev–Trinajstić information content (AvgIpc) is 3.23. The van der Waals surface area contributed by atoms with Crippen molar-refractivity contribution in [3.63, 3.8) is 0 Å². The van der Waals surface area contributed by atoms with E-state index in [-0.39, 0.29) is 31.4 Å². The van der Waals surface area contributed by atoms with Crippen molar-refractivity contribution in [2.24, 2.45) is 0 Å². The molecule has 12 heteroatoms. The molecule has 1 amide bonds. The summed E-state index contributed by atoms with van der Waals surface area (Å²) in [5.41, 5.74) is 0.0901. The summed E-state index contributed by atoms with van der Waals surface area (Å²) in [5.74, 6) is -0.634. The first-order valence-corrected chi connectivity index (χ1v) is 8.75. The van der Waals surface area contributed by atoms with Crippen LogP contribution in [0.25, 0.3) is 0 Å². The van der Waals surface area contributed by atoms with Crippen molar-refractivity contribution < 1.29 is 22.9 Å². The third-order valence-electron chi connectivity index (χ3n) is 4.33. The van der Waals surface area contributed by atoms with Crippen molar-refractivity contribution in [1.29, 1.82) is 0 Å². The molecule has 1 N–H and O–H groups in total. The SMILES string of the molecule is Cc1cc([N+](=O)[O-])n(CC(=O)NCCCn2nc(C(F)(F)F)cc2C2CC2)n1. The molecule has 1 aliphatic carbocycles. The van der Waals surface area contributed by atoms with E-state index in [1.54, 1.807) is 6.92 Å². The first kappa shape index (κ1) is 19.8. The maximum Gasteiger partial charge on any atom is 0.435 e. The van der Waals surface area contributed by atoms with Crippen molar-refractivity contribution in [2.45, 2.75) is 51.4 Å².